The number of nitrogens with zero attached hydrogens (tertiary/aromatic N) is 3. The van der Waals surface area contributed by atoms with Crippen molar-refractivity contribution in [3.63, 3.8) is 0 Å². The molecule has 4 rings (SSSR count). The predicted molar refractivity (Wildman–Crippen MR) is 150 cm³/mol. The van der Waals surface area contributed by atoms with Crippen LogP contribution in [0.15, 0.2) is 36.4 Å². The molecule has 8 nitrogen and oxygen atoms in total. The Morgan fingerprint density at radius 1 is 1.18 bits per heavy atom. The van der Waals surface area contributed by atoms with Crippen LogP contribution in [-0.2, 0) is 16.1 Å². The molecule has 0 aromatic heterocycles. The van der Waals surface area contributed by atoms with Gasteiger partial charge in [0.05, 0.1) is 18.0 Å². The molecule has 0 spiro atoms. The monoisotopic (exact) mass is 573 g/mol. The van der Waals surface area contributed by atoms with Gasteiger partial charge in [0.2, 0.25) is 5.91 Å². The molecule has 0 radical (unpaired) electrons. The number of aliphatic carboxylic acids is 1. The highest BCUT2D eigenvalue weighted by atomic mass is 35.5. The molecule has 2 fully saturated rings. The van der Waals surface area contributed by atoms with Crippen molar-refractivity contribution in [3.05, 3.63) is 63.9 Å². The fourth-order valence-electron chi connectivity index (χ4n) is 5.69. The second-order valence-electron chi connectivity index (χ2n) is 10.9. The van der Waals surface area contributed by atoms with Crippen LogP contribution in [0.4, 0.5) is 9.18 Å². The number of carbonyl (C=O) groups excluding carboxylic acids is 2. The zero-order valence-electron chi connectivity index (χ0n) is 23.1. The molecule has 2 aromatic carbocycles. The number of amides is 3. The number of urea groups is 1. The number of ether oxygens (including phenoxy) is 1. The van der Waals surface area contributed by atoms with E-state index in [0.717, 1.165) is 36.8 Å². The third kappa shape index (κ3) is 7.52. The number of carbonyl (C=O) groups is 3. The number of carboxylic acids is 1. The van der Waals surface area contributed by atoms with E-state index in [1.54, 1.807) is 13.1 Å². The molecule has 0 bridgehead atoms. The molecule has 216 valence electrons. The van der Waals surface area contributed by atoms with Crippen molar-refractivity contribution >= 4 is 29.5 Å². The van der Waals surface area contributed by atoms with Crippen LogP contribution in [0.2, 0.25) is 5.02 Å². The highest BCUT2D eigenvalue weighted by molar-refractivity contribution is 6.30. The Bertz CT molecular complexity index is 1240. The maximum atomic E-state index is 14.4. The standard InChI is InChI=1S/C30H37ClFN3O5/c1-20-14-22(8-11-27(20)40-13-12-35-28(36)19-33(2)30(35)39)18-34(17-21-6-4-3-5-7-21)26(16-29(37)38)23-9-10-24(31)25(32)15-23/h8-11,14-15,21,26H,3-7,12-13,16-19H2,1-2H3,(H,37,38)/t26-/m0/s1. The van der Waals surface area contributed by atoms with E-state index in [-0.39, 0.29) is 43.1 Å². The predicted octanol–water partition coefficient (Wildman–Crippen LogP) is 5.66. The number of rotatable bonds is 12. The summed E-state index contributed by atoms with van der Waals surface area (Å²) in [5, 5.41) is 9.78. The molecule has 40 heavy (non-hydrogen) atoms. The number of carboxylic acid groups (broad SMARTS) is 1. The van der Waals surface area contributed by atoms with Crippen LogP contribution in [-0.4, -0.2) is 71.0 Å². The average molecular weight is 574 g/mol. The van der Waals surface area contributed by atoms with Gasteiger partial charge in [-0.25, -0.2) is 9.18 Å². The normalized spacial score (nSPS) is 17.1. The number of halogens is 2. The summed E-state index contributed by atoms with van der Waals surface area (Å²) in [4.78, 5) is 40.7. The minimum atomic E-state index is -0.949. The maximum Gasteiger partial charge on any atom is 0.327 e. The summed E-state index contributed by atoms with van der Waals surface area (Å²) >= 11 is 5.93. The quantitative estimate of drug-likeness (QED) is 0.330. The lowest BCUT2D eigenvalue weighted by Crippen LogP contribution is -2.35. The number of aryl methyl sites for hydroxylation is 1. The Balaban J connectivity index is 1.50. The average Bonchev–Trinajstić information content (AvgIpc) is 3.16. The Morgan fingerprint density at radius 3 is 2.55 bits per heavy atom. The van der Waals surface area contributed by atoms with Crippen molar-refractivity contribution in [2.75, 3.05) is 33.3 Å². The second kappa shape index (κ2) is 13.5. The Hall–Kier alpha value is -3.17. The van der Waals surface area contributed by atoms with Crippen molar-refractivity contribution in [1.29, 1.82) is 0 Å². The molecule has 1 aliphatic carbocycles. The summed E-state index contributed by atoms with van der Waals surface area (Å²) in [6.45, 7) is 3.56. The van der Waals surface area contributed by atoms with E-state index in [4.69, 9.17) is 16.3 Å². The van der Waals surface area contributed by atoms with Crippen LogP contribution in [0.1, 0.15) is 61.3 Å². The first-order valence-corrected chi connectivity index (χ1v) is 14.2. The highest BCUT2D eigenvalue weighted by Crippen LogP contribution is 2.33. The molecule has 10 heteroatoms. The van der Waals surface area contributed by atoms with Crippen LogP contribution in [0.5, 0.6) is 5.75 Å². The summed E-state index contributed by atoms with van der Waals surface area (Å²) in [6, 6.07) is 9.50. The van der Waals surface area contributed by atoms with Crippen molar-refractivity contribution in [2.45, 2.75) is 58.0 Å². The van der Waals surface area contributed by atoms with E-state index in [2.05, 4.69) is 4.90 Å². The van der Waals surface area contributed by atoms with Crippen LogP contribution in [0.25, 0.3) is 0 Å². The van der Waals surface area contributed by atoms with Gasteiger partial charge in [-0.05, 0) is 60.6 Å². The summed E-state index contributed by atoms with van der Waals surface area (Å²) in [7, 11) is 1.59. The van der Waals surface area contributed by atoms with Crippen molar-refractivity contribution in [1.82, 2.24) is 14.7 Å². The third-order valence-corrected chi connectivity index (χ3v) is 8.09. The minimum absolute atomic E-state index is 0.00773. The van der Waals surface area contributed by atoms with Gasteiger partial charge in [-0.2, -0.15) is 0 Å². The molecule has 1 heterocycles. The molecule has 2 aliphatic rings. The fraction of sp³-hybridized carbons (Fsp3) is 0.500. The largest absolute Gasteiger partial charge is 0.491 e. The highest BCUT2D eigenvalue weighted by Gasteiger charge is 2.33. The smallest absolute Gasteiger partial charge is 0.327 e. The second-order valence-corrected chi connectivity index (χ2v) is 11.3. The van der Waals surface area contributed by atoms with Gasteiger partial charge < -0.3 is 14.7 Å². The van der Waals surface area contributed by atoms with Gasteiger partial charge in [-0.3, -0.25) is 19.4 Å². The van der Waals surface area contributed by atoms with Gasteiger partial charge in [-0.1, -0.05) is 49.1 Å². The third-order valence-electron chi connectivity index (χ3n) is 7.78. The van der Waals surface area contributed by atoms with E-state index in [1.165, 1.54) is 28.4 Å². The van der Waals surface area contributed by atoms with E-state index in [1.807, 2.05) is 25.1 Å². The van der Waals surface area contributed by atoms with Crippen LogP contribution >= 0.6 is 11.6 Å². The lowest BCUT2D eigenvalue weighted by Gasteiger charge is -2.35. The molecule has 1 saturated heterocycles. The molecule has 0 unspecified atom stereocenters. The number of hydrogen-bond acceptors (Lipinski definition) is 5. The Kier molecular flexibility index (Phi) is 10.0. The van der Waals surface area contributed by atoms with Gasteiger partial charge >= 0.3 is 12.0 Å². The zero-order valence-corrected chi connectivity index (χ0v) is 23.8. The van der Waals surface area contributed by atoms with Gasteiger partial charge in [0, 0.05) is 26.2 Å². The van der Waals surface area contributed by atoms with Crippen molar-refractivity contribution < 1.29 is 28.6 Å². The van der Waals surface area contributed by atoms with Gasteiger partial charge in [0.25, 0.3) is 0 Å². The van der Waals surface area contributed by atoms with E-state index in [9.17, 15) is 23.9 Å². The molecular weight excluding hydrogens is 537 g/mol. The van der Waals surface area contributed by atoms with Crippen LogP contribution < -0.4 is 4.74 Å². The van der Waals surface area contributed by atoms with Gasteiger partial charge in [-0.15, -0.1) is 0 Å². The van der Waals surface area contributed by atoms with E-state index >= 15 is 0 Å². The summed E-state index contributed by atoms with van der Waals surface area (Å²) in [5.41, 5.74) is 2.46. The summed E-state index contributed by atoms with van der Waals surface area (Å²) < 4.78 is 20.3. The topological polar surface area (TPSA) is 90.4 Å². The molecular formula is C30H37ClFN3O5. The van der Waals surface area contributed by atoms with Crippen molar-refractivity contribution in [3.8, 4) is 5.75 Å². The maximum absolute atomic E-state index is 14.4. The molecule has 1 aliphatic heterocycles. The molecule has 3 amide bonds. The fourth-order valence-corrected chi connectivity index (χ4v) is 5.81. The Morgan fingerprint density at radius 2 is 1.93 bits per heavy atom. The van der Waals surface area contributed by atoms with E-state index < -0.39 is 17.8 Å². The summed E-state index contributed by atoms with van der Waals surface area (Å²) in [6.07, 6.45) is 5.57. The van der Waals surface area contributed by atoms with Crippen LogP contribution in [0.3, 0.4) is 0 Å². The molecule has 1 saturated carbocycles. The first kappa shape index (κ1) is 29.8. The van der Waals surface area contributed by atoms with Gasteiger partial charge in [0.1, 0.15) is 24.7 Å². The van der Waals surface area contributed by atoms with E-state index in [0.29, 0.717) is 30.3 Å². The number of hydrogen-bond donors (Lipinski definition) is 1. The lowest BCUT2D eigenvalue weighted by atomic mass is 9.88. The SMILES string of the molecule is Cc1cc(CN(CC2CCCCC2)[C@@H](CC(=O)O)c2ccc(Cl)c(F)c2)ccc1OCCN1C(=O)CN(C)C1=O. The van der Waals surface area contributed by atoms with Crippen LogP contribution in [0, 0.1) is 18.7 Å². The number of imide groups is 1. The zero-order chi connectivity index (χ0) is 28.8. The summed E-state index contributed by atoms with van der Waals surface area (Å²) in [5.74, 6) is -0.654. The Labute approximate surface area is 239 Å². The molecule has 1 N–H and O–H groups in total. The molecule has 1 atom stereocenters. The minimum Gasteiger partial charge on any atom is -0.491 e. The van der Waals surface area contributed by atoms with Crippen molar-refractivity contribution in [2.24, 2.45) is 5.92 Å². The van der Waals surface area contributed by atoms with Gasteiger partial charge in [0.15, 0.2) is 0 Å². The number of benzene rings is 2. The lowest BCUT2D eigenvalue weighted by molar-refractivity contribution is -0.138. The number of likely N-dealkylation sites (N-methyl/N-ethyl adjacent to an activating group) is 1. The first-order valence-electron chi connectivity index (χ1n) is 13.8. The molecule has 2 aromatic rings. The first-order chi connectivity index (χ1) is 19.1.